The minimum Gasteiger partial charge on any atom is -0.390 e. The summed E-state index contributed by atoms with van der Waals surface area (Å²) in [5.41, 5.74) is 0.0632. The number of fused-ring (bicyclic) bond motifs is 5. The summed E-state index contributed by atoms with van der Waals surface area (Å²) in [5, 5.41) is 22.4. The average Bonchev–Trinajstić information content (AvgIpc) is 2.94. The van der Waals surface area contributed by atoms with Crippen molar-refractivity contribution >= 4 is 0 Å². The fraction of sp³-hybridized carbons (Fsp3) is 0.760. The predicted octanol–water partition coefficient (Wildman–Crippen LogP) is 5.28. The zero-order valence-corrected chi connectivity index (χ0v) is 17.0. The molecule has 0 amide bonds. The van der Waals surface area contributed by atoms with Gasteiger partial charge in [-0.1, -0.05) is 37.3 Å². The van der Waals surface area contributed by atoms with Crippen LogP contribution in [0.4, 0.5) is 0 Å². The van der Waals surface area contributed by atoms with Crippen LogP contribution in [0.1, 0.15) is 77.2 Å². The third-order valence-corrected chi connectivity index (χ3v) is 9.64. The second-order valence-corrected chi connectivity index (χ2v) is 10.9. The lowest BCUT2D eigenvalue weighted by atomic mass is 9.48. The summed E-state index contributed by atoms with van der Waals surface area (Å²) in [5.74, 6) is 3.82. The molecule has 2 N–H and O–H groups in total. The molecule has 148 valence electrons. The first-order chi connectivity index (χ1) is 12.8. The Morgan fingerprint density at radius 3 is 2.30 bits per heavy atom. The van der Waals surface area contributed by atoms with E-state index in [4.69, 9.17) is 0 Å². The minimum absolute atomic E-state index is 0.0164. The van der Waals surface area contributed by atoms with Gasteiger partial charge in [0.05, 0.1) is 11.2 Å². The van der Waals surface area contributed by atoms with Crippen LogP contribution < -0.4 is 0 Å². The van der Waals surface area contributed by atoms with Crippen molar-refractivity contribution < 1.29 is 10.2 Å². The molecule has 1 aromatic rings. The molecule has 2 heteroatoms. The molecule has 4 aliphatic rings. The van der Waals surface area contributed by atoms with E-state index in [1.165, 1.54) is 32.1 Å². The summed E-state index contributed by atoms with van der Waals surface area (Å²) in [4.78, 5) is 0. The van der Waals surface area contributed by atoms with Crippen LogP contribution in [0.25, 0.3) is 0 Å². The van der Waals surface area contributed by atoms with Gasteiger partial charge in [-0.05, 0) is 99.9 Å². The Labute approximate surface area is 164 Å². The van der Waals surface area contributed by atoms with Gasteiger partial charge in [-0.2, -0.15) is 0 Å². The molecule has 0 spiro atoms. The number of benzene rings is 1. The Bertz CT molecular complexity index is 698. The largest absolute Gasteiger partial charge is 0.390 e. The molecule has 4 fully saturated rings. The highest BCUT2D eigenvalue weighted by molar-refractivity contribution is 5.29. The molecular weight excluding hydrogens is 332 g/mol. The highest BCUT2D eigenvalue weighted by atomic mass is 16.3. The summed E-state index contributed by atoms with van der Waals surface area (Å²) in [7, 11) is 0. The Morgan fingerprint density at radius 2 is 1.52 bits per heavy atom. The van der Waals surface area contributed by atoms with Crippen LogP contribution in [0.2, 0.25) is 0 Å². The van der Waals surface area contributed by atoms with Crippen molar-refractivity contribution in [2.45, 2.75) is 82.8 Å². The summed E-state index contributed by atoms with van der Waals surface area (Å²) >= 11 is 0. The lowest BCUT2D eigenvalue weighted by Gasteiger charge is -2.58. The van der Waals surface area contributed by atoms with E-state index in [0.29, 0.717) is 5.92 Å². The lowest BCUT2D eigenvalue weighted by molar-refractivity contribution is -0.143. The Morgan fingerprint density at radius 1 is 0.778 bits per heavy atom. The van der Waals surface area contributed by atoms with Gasteiger partial charge in [-0.3, -0.25) is 0 Å². The van der Waals surface area contributed by atoms with E-state index in [-0.39, 0.29) is 5.41 Å². The monoisotopic (exact) mass is 368 g/mol. The lowest BCUT2D eigenvalue weighted by Crippen LogP contribution is -2.53. The number of aliphatic hydroxyl groups is 2. The molecule has 8 atom stereocenters. The van der Waals surface area contributed by atoms with E-state index in [9.17, 15) is 10.2 Å². The topological polar surface area (TPSA) is 40.5 Å². The van der Waals surface area contributed by atoms with Crippen molar-refractivity contribution in [2.24, 2.45) is 35.0 Å². The predicted molar refractivity (Wildman–Crippen MR) is 108 cm³/mol. The summed E-state index contributed by atoms with van der Waals surface area (Å²) in [6.07, 6.45) is 10.3. The number of rotatable bonds is 1. The third-order valence-electron chi connectivity index (χ3n) is 9.64. The average molecular weight is 369 g/mol. The van der Waals surface area contributed by atoms with Gasteiger partial charge < -0.3 is 10.2 Å². The van der Waals surface area contributed by atoms with Crippen molar-refractivity contribution in [1.82, 2.24) is 0 Å². The molecule has 27 heavy (non-hydrogen) atoms. The molecule has 5 rings (SSSR count). The van der Waals surface area contributed by atoms with Crippen LogP contribution in [-0.4, -0.2) is 15.8 Å². The second-order valence-electron chi connectivity index (χ2n) is 10.9. The molecule has 0 heterocycles. The van der Waals surface area contributed by atoms with Gasteiger partial charge in [0, 0.05) is 5.41 Å². The molecule has 0 aliphatic heterocycles. The normalized spacial score (nSPS) is 51.9. The van der Waals surface area contributed by atoms with Gasteiger partial charge in [0.1, 0.15) is 0 Å². The van der Waals surface area contributed by atoms with E-state index in [1.807, 2.05) is 6.92 Å². The summed E-state index contributed by atoms with van der Waals surface area (Å²) in [6.45, 7) is 4.44. The highest BCUT2D eigenvalue weighted by Gasteiger charge is 2.63. The molecule has 1 aromatic carbocycles. The van der Waals surface area contributed by atoms with E-state index >= 15 is 0 Å². The van der Waals surface area contributed by atoms with Crippen LogP contribution in [0.3, 0.4) is 0 Å². The van der Waals surface area contributed by atoms with E-state index in [0.717, 1.165) is 54.9 Å². The zero-order chi connectivity index (χ0) is 18.9. The number of hydrogen-bond acceptors (Lipinski definition) is 2. The quantitative estimate of drug-likeness (QED) is 0.708. The maximum absolute atomic E-state index is 11.9. The van der Waals surface area contributed by atoms with Gasteiger partial charge in [-0.15, -0.1) is 0 Å². The third kappa shape index (κ3) is 2.59. The van der Waals surface area contributed by atoms with Gasteiger partial charge in [0.2, 0.25) is 0 Å². The highest BCUT2D eigenvalue weighted by Crippen LogP contribution is 2.67. The van der Waals surface area contributed by atoms with Crippen LogP contribution in [0.5, 0.6) is 0 Å². The molecule has 0 bridgehead atoms. The van der Waals surface area contributed by atoms with E-state index in [1.54, 1.807) is 0 Å². The van der Waals surface area contributed by atoms with Crippen molar-refractivity contribution in [3.8, 4) is 0 Å². The van der Waals surface area contributed by atoms with Crippen molar-refractivity contribution in [3.63, 3.8) is 0 Å². The van der Waals surface area contributed by atoms with Gasteiger partial charge in [0.25, 0.3) is 0 Å². The Kier molecular flexibility index (Phi) is 4.09. The fourth-order valence-electron chi connectivity index (χ4n) is 8.29. The standard InChI is InChI=1S/C25H36O2/c1-23(26)13-10-19-17(16-23)8-9-21-20(19)11-14-24(2)22(21)12-15-25(24,27)18-6-4-3-5-7-18/h3-7,17,19-22,26-27H,8-16H2,1-2H3/t17-,19-,20+,21+,22-,23+,24-,25?/m0/s1. The maximum atomic E-state index is 11.9. The molecule has 0 radical (unpaired) electrons. The Hall–Kier alpha value is -0.860. The molecule has 1 unspecified atom stereocenters. The second kappa shape index (κ2) is 6.07. The fourth-order valence-corrected chi connectivity index (χ4v) is 8.29. The van der Waals surface area contributed by atoms with Gasteiger partial charge >= 0.3 is 0 Å². The molecule has 4 saturated carbocycles. The SMILES string of the molecule is C[C@@]1(O)CC[C@H]2[C@@H](CC[C@@H]3[C@@H]2CC[C@@]2(C)[C@H]3CCC2(O)c2ccccc2)C1. The van der Waals surface area contributed by atoms with Crippen LogP contribution >= 0.6 is 0 Å². The molecule has 2 nitrogen and oxygen atoms in total. The van der Waals surface area contributed by atoms with Crippen molar-refractivity contribution in [1.29, 1.82) is 0 Å². The first kappa shape index (κ1) is 18.2. The first-order valence-corrected chi connectivity index (χ1v) is 11.3. The van der Waals surface area contributed by atoms with E-state index in [2.05, 4.69) is 37.3 Å². The minimum atomic E-state index is -0.656. The van der Waals surface area contributed by atoms with Crippen molar-refractivity contribution in [2.75, 3.05) is 0 Å². The Balaban J connectivity index is 1.43. The van der Waals surface area contributed by atoms with Gasteiger partial charge in [0.15, 0.2) is 0 Å². The van der Waals surface area contributed by atoms with E-state index < -0.39 is 11.2 Å². The van der Waals surface area contributed by atoms with Crippen LogP contribution in [-0.2, 0) is 5.60 Å². The van der Waals surface area contributed by atoms with Crippen LogP contribution in [0, 0.1) is 35.0 Å². The van der Waals surface area contributed by atoms with Gasteiger partial charge in [-0.25, -0.2) is 0 Å². The first-order valence-electron chi connectivity index (χ1n) is 11.3. The number of hydrogen-bond donors (Lipinski definition) is 2. The maximum Gasteiger partial charge on any atom is 0.0952 e. The van der Waals surface area contributed by atoms with Crippen LogP contribution in [0.15, 0.2) is 30.3 Å². The molecule has 0 saturated heterocycles. The molecule has 4 aliphatic carbocycles. The summed E-state index contributed by atoms with van der Waals surface area (Å²) in [6, 6.07) is 10.5. The van der Waals surface area contributed by atoms with Crippen molar-refractivity contribution in [3.05, 3.63) is 35.9 Å². The zero-order valence-electron chi connectivity index (χ0n) is 17.0. The summed E-state index contributed by atoms with van der Waals surface area (Å²) < 4.78 is 0. The smallest absolute Gasteiger partial charge is 0.0952 e. The molecular formula is C25H36O2. The molecule has 0 aromatic heterocycles.